The molecule has 74 valence electrons. The second-order valence-electron chi connectivity index (χ2n) is 2.81. The van der Waals surface area contributed by atoms with Crippen LogP contribution in [0.25, 0.3) is 0 Å². The normalized spacial score (nSPS) is 31.0. The van der Waals surface area contributed by atoms with Crippen LogP contribution in [0.15, 0.2) is 0 Å². The van der Waals surface area contributed by atoms with Crippen molar-refractivity contribution in [1.29, 1.82) is 0 Å². The molecule has 1 rings (SSSR count). The van der Waals surface area contributed by atoms with Gasteiger partial charge in [0.05, 0.1) is 0 Å². The molecule has 0 radical (unpaired) electrons. The molecule has 0 spiro atoms. The van der Waals surface area contributed by atoms with E-state index in [1.54, 1.807) is 0 Å². The first kappa shape index (κ1) is 12.0. The van der Waals surface area contributed by atoms with Gasteiger partial charge in [0, 0.05) is 6.54 Å². The fourth-order valence-electron chi connectivity index (χ4n) is 1.13. The van der Waals surface area contributed by atoms with Gasteiger partial charge >= 0.3 is 6.18 Å². The summed E-state index contributed by atoms with van der Waals surface area (Å²) in [5.74, 6) is 0. The van der Waals surface area contributed by atoms with Crippen molar-refractivity contribution >= 4 is 12.4 Å². The summed E-state index contributed by atoms with van der Waals surface area (Å²) in [7, 11) is 0. The van der Waals surface area contributed by atoms with Gasteiger partial charge in [0.15, 0.2) is 5.60 Å². The molecule has 0 amide bonds. The number of alkyl halides is 3. The van der Waals surface area contributed by atoms with Crippen molar-refractivity contribution < 1.29 is 18.3 Å². The van der Waals surface area contributed by atoms with E-state index >= 15 is 0 Å². The Hall–Kier alpha value is -0.0000000000000000486. The Kier molecular flexibility index (Phi) is 3.81. The standard InChI is InChI=1S/C6H10F3NO.ClH/c7-6(8,9)5(11)2-1-3-10-4-5;/h10-11H,1-4H2;1H. The fourth-order valence-corrected chi connectivity index (χ4v) is 1.13. The minimum Gasteiger partial charge on any atom is -0.379 e. The zero-order valence-electron chi connectivity index (χ0n) is 6.32. The van der Waals surface area contributed by atoms with Crippen molar-refractivity contribution in [2.45, 2.75) is 24.6 Å². The first-order chi connectivity index (χ1) is 4.96. The van der Waals surface area contributed by atoms with Gasteiger partial charge < -0.3 is 10.4 Å². The van der Waals surface area contributed by atoms with Crippen molar-refractivity contribution in [3.63, 3.8) is 0 Å². The summed E-state index contributed by atoms with van der Waals surface area (Å²) in [5, 5.41) is 11.5. The summed E-state index contributed by atoms with van der Waals surface area (Å²) >= 11 is 0. The number of hydrogen-bond acceptors (Lipinski definition) is 2. The molecule has 0 bridgehead atoms. The molecule has 12 heavy (non-hydrogen) atoms. The SMILES string of the molecule is Cl.OC1(C(F)(F)F)CCCNC1. The summed E-state index contributed by atoms with van der Waals surface area (Å²) in [5.41, 5.74) is -2.49. The van der Waals surface area contributed by atoms with Gasteiger partial charge in [-0.3, -0.25) is 0 Å². The van der Waals surface area contributed by atoms with E-state index in [2.05, 4.69) is 5.32 Å². The smallest absolute Gasteiger partial charge is 0.379 e. The molecule has 0 aromatic heterocycles. The highest BCUT2D eigenvalue weighted by Gasteiger charge is 2.53. The molecule has 1 saturated heterocycles. The largest absolute Gasteiger partial charge is 0.418 e. The van der Waals surface area contributed by atoms with Crippen LogP contribution in [0.5, 0.6) is 0 Å². The predicted molar refractivity (Wildman–Crippen MR) is 40.4 cm³/mol. The van der Waals surface area contributed by atoms with E-state index in [9.17, 15) is 13.2 Å². The minimum atomic E-state index is -4.50. The lowest BCUT2D eigenvalue weighted by Crippen LogP contribution is -2.55. The lowest BCUT2D eigenvalue weighted by atomic mass is 9.94. The van der Waals surface area contributed by atoms with Crippen molar-refractivity contribution in [2.75, 3.05) is 13.1 Å². The van der Waals surface area contributed by atoms with E-state index in [0.29, 0.717) is 13.0 Å². The summed E-state index contributed by atoms with van der Waals surface area (Å²) in [6, 6.07) is 0. The van der Waals surface area contributed by atoms with Crippen molar-refractivity contribution in [1.82, 2.24) is 5.32 Å². The van der Waals surface area contributed by atoms with E-state index in [1.165, 1.54) is 0 Å². The van der Waals surface area contributed by atoms with Crippen LogP contribution in [-0.4, -0.2) is 30.0 Å². The van der Waals surface area contributed by atoms with Crippen LogP contribution in [0.2, 0.25) is 0 Å². The summed E-state index contributed by atoms with van der Waals surface area (Å²) in [6.07, 6.45) is -4.32. The Morgan fingerprint density at radius 3 is 2.17 bits per heavy atom. The maximum atomic E-state index is 12.0. The fraction of sp³-hybridized carbons (Fsp3) is 1.00. The van der Waals surface area contributed by atoms with Gasteiger partial charge in [-0.2, -0.15) is 13.2 Å². The number of β-amino-alcohol motifs (C(OH)–C–C–N with tert-alkyl or cyclic N) is 1. The molecule has 0 aromatic rings. The molecule has 1 unspecified atom stereocenters. The van der Waals surface area contributed by atoms with Crippen LogP contribution in [0, 0.1) is 0 Å². The average molecular weight is 206 g/mol. The first-order valence-electron chi connectivity index (χ1n) is 3.45. The molecule has 2 N–H and O–H groups in total. The average Bonchev–Trinajstić information content (AvgIpc) is 1.87. The zero-order valence-corrected chi connectivity index (χ0v) is 7.13. The molecule has 1 atom stereocenters. The lowest BCUT2D eigenvalue weighted by Gasteiger charge is -2.34. The van der Waals surface area contributed by atoms with E-state index in [4.69, 9.17) is 5.11 Å². The Balaban J connectivity index is 0.00000121. The van der Waals surface area contributed by atoms with Gasteiger partial charge in [0.2, 0.25) is 0 Å². The molecular formula is C6H11ClF3NO. The first-order valence-corrected chi connectivity index (χ1v) is 3.45. The highest BCUT2D eigenvalue weighted by atomic mass is 35.5. The van der Waals surface area contributed by atoms with Gasteiger partial charge in [-0.25, -0.2) is 0 Å². The van der Waals surface area contributed by atoms with Crippen LogP contribution in [0.4, 0.5) is 13.2 Å². The van der Waals surface area contributed by atoms with E-state index in [0.717, 1.165) is 0 Å². The Morgan fingerprint density at radius 2 is 1.92 bits per heavy atom. The third-order valence-corrected chi connectivity index (χ3v) is 1.89. The molecule has 6 heteroatoms. The summed E-state index contributed by atoms with van der Waals surface area (Å²) in [6.45, 7) is 0.175. The quantitative estimate of drug-likeness (QED) is 0.621. The number of hydrogen-bond donors (Lipinski definition) is 2. The molecule has 0 aromatic carbocycles. The van der Waals surface area contributed by atoms with Crippen LogP contribution < -0.4 is 5.32 Å². The second kappa shape index (κ2) is 3.81. The molecule has 1 aliphatic heterocycles. The number of piperidine rings is 1. The number of nitrogens with one attached hydrogen (secondary N) is 1. The molecule has 2 nitrogen and oxygen atoms in total. The van der Waals surface area contributed by atoms with Crippen LogP contribution >= 0.6 is 12.4 Å². The molecule has 0 saturated carbocycles. The van der Waals surface area contributed by atoms with Crippen molar-refractivity contribution in [2.24, 2.45) is 0 Å². The lowest BCUT2D eigenvalue weighted by molar-refractivity contribution is -0.264. The van der Waals surface area contributed by atoms with E-state index < -0.39 is 11.8 Å². The monoisotopic (exact) mass is 205 g/mol. The van der Waals surface area contributed by atoms with Gasteiger partial charge in [-0.05, 0) is 19.4 Å². The molecular weight excluding hydrogens is 195 g/mol. The third kappa shape index (κ3) is 2.24. The minimum absolute atomic E-state index is 0. The number of rotatable bonds is 0. The Morgan fingerprint density at radius 1 is 1.33 bits per heavy atom. The van der Waals surface area contributed by atoms with Gasteiger partial charge in [0.25, 0.3) is 0 Å². The second-order valence-corrected chi connectivity index (χ2v) is 2.81. The molecule has 1 aliphatic rings. The number of halogens is 4. The maximum absolute atomic E-state index is 12.0. The van der Waals surface area contributed by atoms with Crippen molar-refractivity contribution in [3.05, 3.63) is 0 Å². The third-order valence-electron chi connectivity index (χ3n) is 1.89. The van der Waals surface area contributed by atoms with E-state index in [-0.39, 0.29) is 25.4 Å². The van der Waals surface area contributed by atoms with Gasteiger partial charge in [0.1, 0.15) is 0 Å². The topological polar surface area (TPSA) is 32.3 Å². The molecule has 1 fully saturated rings. The van der Waals surface area contributed by atoms with Gasteiger partial charge in [-0.1, -0.05) is 0 Å². The predicted octanol–water partition coefficient (Wildman–Crippen LogP) is 1.08. The van der Waals surface area contributed by atoms with Crippen molar-refractivity contribution in [3.8, 4) is 0 Å². The Labute approximate surface area is 74.6 Å². The Bertz CT molecular complexity index is 144. The maximum Gasteiger partial charge on any atom is 0.418 e. The highest BCUT2D eigenvalue weighted by molar-refractivity contribution is 5.85. The summed E-state index contributed by atoms with van der Waals surface area (Å²) in [4.78, 5) is 0. The highest BCUT2D eigenvalue weighted by Crippen LogP contribution is 2.34. The van der Waals surface area contributed by atoms with Crippen LogP contribution in [0.3, 0.4) is 0 Å². The number of aliphatic hydroxyl groups is 1. The van der Waals surface area contributed by atoms with E-state index in [1.807, 2.05) is 0 Å². The molecule has 0 aliphatic carbocycles. The summed E-state index contributed by atoms with van der Waals surface area (Å²) < 4.78 is 36.1. The van der Waals surface area contributed by atoms with Crippen LogP contribution in [-0.2, 0) is 0 Å². The molecule has 1 heterocycles. The van der Waals surface area contributed by atoms with Crippen LogP contribution in [0.1, 0.15) is 12.8 Å². The zero-order chi connectivity index (χ0) is 8.54. The van der Waals surface area contributed by atoms with Gasteiger partial charge in [-0.15, -0.1) is 12.4 Å².